The van der Waals surface area contributed by atoms with Gasteiger partial charge < -0.3 is 10.4 Å². The van der Waals surface area contributed by atoms with Crippen LogP contribution in [0.3, 0.4) is 0 Å². The maximum atomic E-state index is 11.5. The van der Waals surface area contributed by atoms with Gasteiger partial charge in [0.1, 0.15) is 5.60 Å². The molecule has 2 fully saturated rings. The molecule has 0 saturated heterocycles. The van der Waals surface area contributed by atoms with E-state index in [0.717, 1.165) is 19.4 Å². The fraction of sp³-hybridized carbons (Fsp3) is 0.900. The topological polar surface area (TPSA) is 49.3 Å². The summed E-state index contributed by atoms with van der Waals surface area (Å²) in [4.78, 5) is 11.5. The van der Waals surface area contributed by atoms with Crippen LogP contribution in [0, 0.1) is 5.92 Å². The second-order valence-corrected chi connectivity index (χ2v) is 4.39. The van der Waals surface area contributed by atoms with E-state index < -0.39 is 5.60 Å². The van der Waals surface area contributed by atoms with Crippen molar-refractivity contribution in [1.82, 2.24) is 5.32 Å². The molecular formula is C10H17NO2. The predicted octanol–water partition coefficient (Wildman–Crippen LogP) is 0.818. The molecule has 0 aromatic heterocycles. The summed E-state index contributed by atoms with van der Waals surface area (Å²) in [7, 11) is 0. The third-order valence-corrected chi connectivity index (χ3v) is 3.10. The molecule has 0 unspecified atom stereocenters. The van der Waals surface area contributed by atoms with Gasteiger partial charge in [-0.1, -0.05) is 0 Å². The summed E-state index contributed by atoms with van der Waals surface area (Å²) >= 11 is 0. The lowest BCUT2D eigenvalue weighted by atomic mass is 10.0. The maximum absolute atomic E-state index is 11.5. The largest absolute Gasteiger partial charge is 0.380 e. The van der Waals surface area contributed by atoms with Crippen molar-refractivity contribution in [1.29, 1.82) is 0 Å². The van der Waals surface area contributed by atoms with Gasteiger partial charge in [-0.3, -0.25) is 4.79 Å². The van der Waals surface area contributed by atoms with Crippen LogP contribution >= 0.6 is 0 Å². The van der Waals surface area contributed by atoms with E-state index in [-0.39, 0.29) is 5.91 Å². The Bertz CT molecular complexity index is 205. The van der Waals surface area contributed by atoms with Gasteiger partial charge in [0.25, 0.3) is 5.91 Å². The molecule has 0 radical (unpaired) electrons. The lowest BCUT2D eigenvalue weighted by molar-refractivity contribution is -0.139. The van der Waals surface area contributed by atoms with Crippen molar-refractivity contribution >= 4 is 5.91 Å². The van der Waals surface area contributed by atoms with Crippen LogP contribution in [-0.2, 0) is 4.79 Å². The Morgan fingerprint density at radius 3 is 2.54 bits per heavy atom. The molecule has 0 spiro atoms. The van der Waals surface area contributed by atoms with Crippen LogP contribution in [0.25, 0.3) is 0 Å². The van der Waals surface area contributed by atoms with Gasteiger partial charge in [0, 0.05) is 6.54 Å². The summed E-state index contributed by atoms with van der Waals surface area (Å²) in [5.41, 5.74) is -1.03. The van der Waals surface area contributed by atoms with Crippen molar-refractivity contribution in [3.63, 3.8) is 0 Å². The predicted molar refractivity (Wildman–Crippen MR) is 49.2 cm³/mol. The molecule has 2 N–H and O–H groups in total. The molecule has 13 heavy (non-hydrogen) atoms. The molecule has 0 aromatic carbocycles. The molecule has 0 heterocycles. The molecule has 0 atom stereocenters. The fourth-order valence-electron chi connectivity index (χ4n) is 1.91. The van der Waals surface area contributed by atoms with Gasteiger partial charge in [-0.15, -0.1) is 0 Å². The normalized spacial score (nSPS) is 25.9. The van der Waals surface area contributed by atoms with Crippen molar-refractivity contribution in [2.24, 2.45) is 5.92 Å². The van der Waals surface area contributed by atoms with E-state index in [4.69, 9.17) is 0 Å². The first-order valence-corrected chi connectivity index (χ1v) is 5.21. The molecule has 3 heteroatoms. The van der Waals surface area contributed by atoms with Crippen LogP contribution in [0.5, 0.6) is 0 Å². The smallest absolute Gasteiger partial charge is 0.251 e. The third-order valence-electron chi connectivity index (χ3n) is 3.10. The zero-order valence-electron chi connectivity index (χ0n) is 7.88. The van der Waals surface area contributed by atoms with Gasteiger partial charge in [-0.05, 0) is 44.4 Å². The monoisotopic (exact) mass is 183 g/mol. The summed E-state index contributed by atoms with van der Waals surface area (Å²) in [6.07, 6.45) is 5.71. The second-order valence-electron chi connectivity index (χ2n) is 4.39. The molecule has 0 aromatic rings. The standard InChI is InChI=1S/C10H17NO2/c12-9(11-7-8-3-4-8)10(13)5-1-2-6-10/h8,13H,1-7H2,(H,11,12). The number of hydrogen-bond donors (Lipinski definition) is 2. The Labute approximate surface area is 78.5 Å². The zero-order chi connectivity index (χ0) is 9.31. The minimum atomic E-state index is -1.03. The van der Waals surface area contributed by atoms with Crippen molar-refractivity contribution in [3.8, 4) is 0 Å². The number of amides is 1. The van der Waals surface area contributed by atoms with Crippen LogP contribution in [0.2, 0.25) is 0 Å². The number of rotatable bonds is 3. The average molecular weight is 183 g/mol. The van der Waals surface area contributed by atoms with Crippen LogP contribution in [0.1, 0.15) is 38.5 Å². The minimum absolute atomic E-state index is 0.142. The number of carbonyl (C=O) groups excluding carboxylic acids is 1. The van der Waals surface area contributed by atoms with E-state index in [0.29, 0.717) is 18.8 Å². The highest BCUT2D eigenvalue weighted by atomic mass is 16.3. The summed E-state index contributed by atoms with van der Waals surface area (Å²) in [5, 5.41) is 12.7. The molecule has 1 amide bonds. The number of carbonyl (C=O) groups is 1. The van der Waals surface area contributed by atoms with Crippen molar-refractivity contribution < 1.29 is 9.90 Å². The van der Waals surface area contributed by atoms with Gasteiger partial charge in [-0.2, -0.15) is 0 Å². The Hall–Kier alpha value is -0.570. The fourth-order valence-corrected chi connectivity index (χ4v) is 1.91. The lowest BCUT2D eigenvalue weighted by Gasteiger charge is -2.20. The van der Waals surface area contributed by atoms with E-state index in [1.807, 2.05) is 0 Å². The Kier molecular flexibility index (Phi) is 2.28. The molecule has 74 valence electrons. The Balaban J connectivity index is 1.80. The first-order chi connectivity index (χ1) is 6.21. The van der Waals surface area contributed by atoms with Gasteiger partial charge in [0.15, 0.2) is 0 Å². The molecular weight excluding hydrogens is 166 g/mol. The minimum Gasteiger partial charge on any atom is -0.380 e. The molecule has 0 bridgehead atoms. The van der Waals surface area contributed by atoms with Crippen LogP contribution in [-0.4, -0.2) is 23.2 Å². The Morgan fingerprint density at radius 2 is 2.00 bits per heavy atom. The second kappa shape index (κ2) is 3.29. The SMILES string of the molecule is O=C(NCC1CC1)C1(O)CCCC1. The molecule has 2 rings (SSSR count). The van der Waals surface area contributed by atoms with Gasteiger partial charge in [-0.25, -0.2) is 0 Å². The summed E-state index contributed by atoms with van der Waals surface area (Å²) in [5.74, 6) is 0.547. The van der Waals surface area contributed by atoms with Crippen molar-refractivity contribution in [2.75, 3.05) is 6.54 Å². The maximum Gasteiger partial charge on any atom is 0.251 e. The summed E-state index contributed by atoms with van der Waals surface area (Å²) < 4.78 is 0. The highest BCUT2D eigenvalue weighted by Gasteiger charge is 2.39. The first-order valence-electron chi connectivity index (χ1n) is 5.21. The Morgan fingerprint density at radius 1 is 1.38 bits per heavy atom. The van der Waals surface area contributed by atoms with Crippen molar-refractivity contribution in [3.05, 3.63) is 0 Å². The molecule has 2 aliphatic carbocycles. The highest BCUT2D eigenvalue weighted by Crippen LogP contribution is 2.31. The van der Waals surface area contributed by atoms with Gasteiger partial charge in [0.2, 0.25) is 0 Å². The third kappa shape index (κ3) is 2.02. The zero-order valence-corrected chi connectivity index (χ0v) is 7.88. The van der Waals surface area contributed by atoms with Gasteiger partial charge >= 0.3 is 0 Å². The number of aliphatic hydroxyl groups is 1. The van der Waals surface area contributed by atoms with Crippen molar-refractivity contribution in [2.45, 2.75) is 44.1 Å². The van der Waals surface area contributed by atoms with E-state index in [1.165, 1.54) is 12.8 Å². The lowest BCUT2D eigenvalue weighted by Crippen LogP contribution is -2.45. The van der Waals surface area contributed by atoms with E-state index in [1.54, 1.807) is 0 Å². The first kappa shape index (κ1) is 9.00. The quantitative estimate of drug-likeness (QED) is 0.680. The summed E-state index contributed by atoms with van der Waals surface area (Å²) in [6.45, 7) is 0.765. The van der Waals surface area contributed by atoms with E-state index >= 15 is 0 Å². The van der Waals surface area contributed by atoms with Crippen LogP contribution < -0.4 is 5.32 Å². The molecule has 0 aliphatic heterocycles. The van der Waals surface area contributed by atoms with Crippen LogP contribution in [0.4, 0.5) is 0 Å². The molecule has 2 aliphatic rings. The van der Waals surface area contributed by atoms with E-state index in [9.17, 15) is 9.90 Å². The molecule has 3 nitrogen and oxygen atoms in total. The van der Waals surface area contributed by atoms with Gasteiger partial charge in [0.05, 0.1) is 0 Å². The summed E-state index contributed by atoms with van der Waals surface area (Å²) in [6, 6.07) is 0. The average Bonchev–Trinajstić information content (AvgIpc) is 2.84. The molecule has 2 saturated carbocycles. The number of nitrogens with one attached hydrogen (secondary N) is 1. The van der Waals surface area contributed by atoms with Crippen LogP contribution in [0.15, 0.2) is 0 Å². The number of hydrogen-bond acceptors (Lipinski definition) is 2. The highest BCUT2D eigenvalue weighted by molar-refractivity contribution is 5.85. The van der Waals surface area contributed by atoms with E-state index in [2.05, 4.69) is 5.32 Å².